The van der Waals surface area contributed by atoms with Crippen LogP contribution < -0.4 is 0 Å². The van der Waals surface area contributed by atoms with Crippen molar-refractivity contribution >= 4 is 54.1 Å². The number of pyridine rings is 1. The summed E-state index contributed by atoms with van der Waals surface area (Å²) in [6.45, 7) is 0. The highest BCUT2D eigenvalue weighted by Crippen LogP contribution is 2.50. The van der Waals surface area contributed by atoms with E-state index in [0.29, 0.717) is 0 Å². The van der Waals surface area contributed by atoms with Crippen molar-refractivity contribution in [2.45, 2.75) is 0 Å². The summed E-state index contributed by atoms with van der Waals surface area (Å²) >= 11 is 0. The van der Waals surface area contributed by atoms with Crippen molar-refractivity contribution in [1.29, 1.82) is 0 Å². The molecule has 0 aliphatic rings. The molecule has 55 heavy (non-hydrogen) atoms. The molecule has 0 aliphatic carbocycles. The molecule has 11 rings (SSSR count). The van der Waals surface area contributed by atoms with Gasteiger partial charge in [0.2, 0.25) is 0 Å². The molecule has 2 heterocycles. The first-order valence-electron chi connectivity index (χ1n) is 18.9. The Kier molecular flexibility index (Phi) is 7.21. The third-order valence-corrected chi connectivity index (χ3v) is 11.3. The number of aromatic amines is 1. The summed E-state index contributed by atoms with van der Waals surface area (Å²) in [5.41, 5.74) is 13.5. The van der Waals surface area contributed by atoms with E-state index in [4.69, 9.17) is 4.98 Å². The summed E-state index contributed by atoms with van der Waals surface area (Å²) in [6.07, 6.45) is 1.94. The summed E-state index contributed by atoms with van der Waals surface area (Å²) < 4.78 is 0. The number of nitrogens with one attached hydrogen (secondary N) is 1. The lowest BCUT2D eigenvalue weighted by Gasteiger charge is -2.21. The van der Waals surface area contributed by atoms with E-state index in [2.05, 4.69) is 199 Å². The SMILES string of the molecule is c1ccc(-c2cc3c([nH]c4ccccc43)c(-c3cccnc3-c3ccccc3-c3cccc4c5ccccc5c5ccccc5c34)c2-c2ccccc2)cc1. The molecule has 256 valence electrons. The van der Waals surface area contributed by atoms with E-state index in [9.17, 15) is 0 Å². The maximum Gasteiger partial charge on any atom is 0.0787 e. The third kappa shape index (κ3) is 4.92. The fraction of sp³-hybridized carbons (Fsp3) is 0. The number of hydrogen-bond acceptors (Lipinski definition) is 1. The van der Waals surface area contributed by atoms with Gasteiger partial charge >= 0.3 is 0 Å². The Morgan fingerprint density at radius 3 is 1.58 bits per heavy atom. The molecule has 0 amide bonds. The number of H-pyrrole nitrogens is 1. The highest BCUT2D eigenvalue weighted by atomic mass is 14.7. The van der Waals surface area contributed by atoms with E-state index < -0.39 is 0 Å². The molecule has 0 fully saturated rings. The number of rotatable bonds is 5. The van der Waals surface area contributed by atoms with Gasteiger partial charge in [-0.2, -0.15) is 0 Å². The predicted molar refractivity (Wildman–Crippen MR) is 233 cm³/mol. The zero-order chi connectivity index (χ0) is 36.3. The quantitative estimate of drug-likeness (QED) is 0.178. The van der Waals surface area contributed by atoms with Crippen molar-refractivity contribution in [2.24, 2.45) is 0 Å². The molecule has 1 N–H and O–H groups in total. The molecule has 0 bridgehead atoms. The molecule has 0 radical (unpaired) electrons. The van der Waals surface area contributed by atoms with Gasteiger partial charge in [0, 0.05) is 39.2 Å². The minimum atomic E-state index is 0.947. The van der Waals surface area contributed by atoms with E-state index in [0.717, 1.165) is 44.5 Å². The molecule has 2 aromatic heterocycles. The Hall–Kier alpha value is -7.29. The maximum absolute atomic E-state index is 5.29. The predicted octanol–water partition coefficient (Wildman–Crippen LogP) is 14.5. The van der Waals surface area contributed by atoms with Crippen LogP contribution in [0.2, 0.25) is 0 Å². The van der Waals surface area contributed by atoms with Gasteiger partial charge in [-0.25, -0.2) is 0 Å². The van der Waals surface area contributed by atoms with Crippen molar-refractivity contribution in [3.05, 3.63) is 200 Å². The molecule has 0 saturated carbocycles. The Balaban J connectivity index is 1.26. The van der Waals surface area contributed by atoms with Gasteiger partial charge in [0.25, 0.3) is 0 Å². The lowest BCUT2D eigenvalue weighted by Crippen LogP contribution is -1.97. The number of benzene rings is 9. The van der Waals surface area contributed by atoms with E-state index in [1.807, 2.05) is 6.20 Å². The molecule has 0 unspecified atom stereocenters. The molecule has 0 aliphatic heterocycles. The summed E-state index contributed by atoms with van der Waals surface area (Å²) in [7, 11) is 0. The smallest absolute Gasteiger partial charge is 0.0787 e. The molecular weight excluding hydrogens is 665 g/mol. The standard InChI is InChI=1S/C53H34N2/c1-3-17-34(18-4-1)46-33-47-40-25-13-14-31-48(40)55-53(47)51(49(46)35-19-5-2-6-20-35)45-30-16-32-54-52(45)44-27-12-10-24-39(44)43-29-15-28-42-38-22-8-7-21-36(38)37-23-9-11-26-41(37)50(42)43/h1-33,55H. The monoisotopic (exact) mass is 698 g/mol. The van der Waals surface area contributed by atoms with Gasteiger partial charge in [-0.1, -0.05) is 176 Å². The molecule has 0 spiro atoms. The molecule has 0 saturated heterocycles. The highest BCUT2D eigenvalue weighted by Gasteiger charge is 2.25. The van der Waals surface area contributed by atoms with Crippen LogP contribution in [-0.4, -0.2) is 9.97 Å². The molecule has 9 aromatic carbocycles. The summed E-state index contributed by atoms with van der Waals surface area (Å²) in [5, 5.41) is 9.97. The second-order valence-electron chi connectivity index (χ2n) is 14.3. The van der Waals surface area contributed by atoms with Crippen molar-refractivity contribution in [3.63, 3.8) is 0 Å². The number of para-hydroxylation sites is 1. The average Bonchev–Trinajstić information content (AvgIpc) is 3.64. The van der Waals surface area contributed by atoms with Crippen LogP contribution in [0.3, 0.4) is 0 Å². The Morgan fingerprint density at radius 1 is 0.327 bits per heavy atom. The van der Waals surface area contributed by atoms with Crippen LogP contribution in [0, 0.1) is 0 Å². The van der Waals surface area contributed by atoms with Crippen LogP contribution in [-0.2, 0) is 0 Å². The minimum absolute atomic E-state index is 0.947. The van der Waals surface area contributed by atoms with Crippen LogP contribution >= 0.6 is 0 Å². The van der Waals surface area contributed by atoms with Crippen molar-refractivity contribution in [1.82, 2.24) is 9.97 Å². The largest absolute Gasteiger partial charge is 0.354 e. The number of aromatic nitrogens is 2. The van der Waals surface area contributed by atoms with Gasteiger partial charge in [0.05, 0.1) is 11.2 Å². The van der Waals surface area contributed by atoms with Gasteiger partial charge in [-0.3, -0.25) is 4.98 Å². The highest BCUT2D eigenvalue weighted by molar-refractivity contribution is 6.29. The molecule has 0 atom stereocenters. The average molecular weight is 699 g/mol. The fourth-order valence-corrected chi connectivity index (χ4v) is 8.93. The summed E-state index contributed by atoms with van der Waals surface area (Å²) in [4.78, 5) is 9.18. The number of hydrogen-bond donors (Lipinski definition) is 1. The van der Waals surface area contributed by atoms with Gasteiger partial charge in [-0.15, -0.1) is 0 Å². The number of nitrogens with zero attached hydrogens (tertiary/aromatic N) is 1. The van der Waals surface area contributed by atoms with Crippen molar-refractivity contribution in [3.8, 4) is 55.8 Å². The maximum atomic E-state index is 5.29. The first kappa shape index (κ1) is 31.3. The van der Waals surface area contributed by atoms with E-state index in [-0.39, 0.29) is 0 Å². The topological polar surface area (TPSA) is 28.7 Å². The lowest BCUT2D eigenvalue weighted by atomic mass is 9.83. The second-order valence-corrected chi connectivity index (χ2v) is 14.3. The summed E-state index contributed by atoms with van der Waals surface area (Å²) in [5.74, 6) is 0. The van der Waals surface area contributed by atoms with Gasteiger partial charge in [-0.05, 0) is 83.9 Å². The van der Waals surface area contributed by atoms with Gasteiger partial charge in [0.1, 0.15) is 0 Å². The fourth-order valence-electron chi connectivity index (χ4n) is 8.93. The van der Waals surface area contributed by atoms with E-state index in [1.165, 1.54) is 65.3 Å². The van der Waals surface area contributed by atoms with Crippen LogP contribution in [0.25, 0.3) is 110 Å². The second kappa shape index (κ2) is 12.7. The van der Waals surface area contributed by atoms with Crippen LogP contribution in [0.15, 0.2) is 200 Å². The normalized spacial score (nSPS) is 11.6. The molecular formula is C53H34N2. The van der Waals surface area contributed by atoms with E-state index >= 15 is 0 Å². The van der Waals surface area contributed by atoms with Crippen molar-refractivity contribution < 1.29 is 0 Å². The minimum Gasteiger partial charge on any atom is -0.354 e. The van der Waals surface area contributed by atoms with Crippen molar-refractivity contribution in [2.75, 3.05) is 0 Å². The van der Waals surface area contributed by atoms with Crippen LogP contribution in [0.1, 0.15) is 0 Å². The molecule has 2 heteroatoms. The molecule has 11 aromatic rings. The zero-order valence-corrected chi connectivity index (χ0v) is 30.0. The van der Waals surface area contributed by atoms with Crippen LogP contribution in [0.4, 0.5) is 0 Å². The summed E-state index contributed by atoms with van der Waals surface area (Å²) in [6, 6.07) is 70.2. The van der Waals surface area contributed by atoms with Gasteiger partial charge < -0.3 is 4.98 Å². The first-order valence-corrected chi connectivity index (χ1v) is 18.9. The Bertz CT molecular complexity index is 3200. The zero-order valence-electron chi connectivity index (χ0n) is 30.0. The first-order chi connectivity index (χ1) is 27.3. The van der Waals surface area contributed by atoms with E-state index in [1.54, 1.807) is 0 Å². The molecule has 2 nitrogen and oxygen atoms in total. The lowest BCUT2D eigenvalue weighted by molar-refractivity contribution is 1.33. The third-order valence-electron chi connectivity index (χ3n) is 11.3. The Morgan fingerprint density at radius 2 is 0.855 bits per heavy atom. The number of fused-ring (bicyclic) bond motifs is 9. The Labute approximate surface area is 319 Å². The van der Waals surface area contributed by atoms with Crippen LogP contribution in [0.5, 0.6) is 0 Å². The van der Waals surface area contributed by atoms with Gasteiger partial charge in [0.15, 0.2) is 0 Å².